The Balaban J connectivity index is 2.60. The Bertz CT molecular complexity index is 623. The third-order valence-corrected chi connectivity index (χ3v) is 4.46. The molecule has 2 aromatic heterocycles. The molecular weight excluding hydrogens is 278 g/mol. The van der Waals surface area contributed by atoms with Gasteiger partial charge in [0.25, 0.3) is 0 Å². The number of rotatable bonds is 4. The highest BCUT2D eigenvalue weighted by molar-refractivity contribution is 7.13. The summed E-state index contributed by atoms with van der Waals surface area (Å²) in [5, 5.41) is 5.58. The van der Waals surface area contributed by atoms with Gasteiger partial charge in [0, 0.05) is 17.5 Å². The second-order valence-corrected chi connectivity index (χ2v) is 7.40. The highest BCUT2D eigenvalue weighted by atomic mass is 32.1. The number of nitrogens with one attached hydrogen (secondary N) is 1. The maximum Gasteiger partial charge on any atom is 0.136 e. The number of aryl methyl sites for hydroxylation is 1. The maximum absolute atomic E-state index is 4.87. The predicted molar refractivity (Wildman–Crippen MR) is 92.3 cm³/mol. The van der Waals surface area contributed by atoms with Crippen LogP contribution in [-0.2, 0) is 5.41 Å². The van der Waals surface area contributed by atoms with E-state index in [4.69, 9.17) is 9.97 Å². The minimum atomic E-state index is -0.0593. The van der Waals surface area contributed by atoms with E-state index in [2.05, 4.69) is 58.3 Å². The van der Waals surface area contributed by atoms with Crippen LogP contribution in [0.2, 0.25) is 0 Å². The molecule has 0 aliphatic rings. The van der Waals surface area contributed by atoms with E-state index in [0.29, 0.717) is 0 Å². The van der Waals surface area contributed by atoms with Gasteiger partial charge in [0.05, 0.1) is 10.6 Å². The fraction of sp³-hybridized carbons (Fsp3) is 0.529. The van der Waals surface area contributed by atoms with Crippen LogP contribution in [0.4, 0.5) is 5.82 Å². The van der Waals surface area contributed by atoms with E-state index >= 15 is 0 Å². The Hall–Kier alpha value is -1.42. The minimum Gasteiger partial charge on any atom is -0.370 e. The molecule has 0 unspecified atom stereocenters. The van der Waals surface area contributed by atoms with Gasteiger partial charge in [-0.3, -0.25) is 0 Å². The van der Waals surface area contributed by atoms with Crippen molar-refractivity contribution in [3.63, 3.8) is 0 Å². The Morgan fingerprint density at radius 1 is 1.19 bits per heavy atom. The summed E-state index contributed by atoms with van der Waals surface area (Å²) in [7, 11) is 0. The Kier molecular flexibility index (Phi) is 4.67. The van der Waals surface area contributed by atoms with Crippen molar-refractivity contribution >= 4 is 17.2 Å². The summed E-state index contributed by atoms with van der Waals surface area (Å²) < 4.78 is 0. The molecule has 0 amide bonds. The smallest absolute Gasteiger partial charge is 0.136 e. The first kappa shape index (κ1) is 16.0. The first-order chi connectivity index (χ1) is 9.84. The van der Waals surface area contributed by atoms with Crippen molar-refractivity contribution < 1.29 is 0 Å². The van der Waals surface area contributed by atoms with Crippen molar-refractivity contribution in [1.82, 2.24) is 9.97 Å². The van der Waals surface area contributed by atoms with Gasteiger partial charge in [0.1, 0.15) is 11.6 Å². The second kappa shape index (κ2) is 6.14. The summed E-state index contributed by atoms with van der Waals surface area (Å²) >= 11 is 1.75. The topological polar surface area (TPSA) is 37.8 Å². The number of thiophene rings is 1. The van der Waals surface area contributed by atoms with Crippen LogP contribution in [0.3, 0.4) is 0 Å². The molecule has 0 saturated carbocycles. The Labute approximate surface area is 131 Å². The van der Waals surface area contributed by atoms with Crippen molar-refractivity contribution in [1.29, 1.82) is 0 Å². The normalized spacial score (nSPS) is 11.7. The average molecular weight is 303 g/mol. The van der Waals surface area contributed by atoms with Gasteiger partial charge >= 0.3 is 0 Å². The molecule has 0 aliphatic carbocycles. The van der Waals surface area contributed by atoms with Crippen molar-refractivity contribution in [3.8, 4) is 10.6 Å². The number of hydrogen-bond acceptors (Lipinski definition) is 4. The lowest BCUT2D eigenvalue weighted by Gasteiger charge is -2.21. The van der Waals surface area contributed by atoms with Gasteiger partial charge in [-0.15, -0.1) is 11.3 Å². The molecule has 0 atom stereocenters. The van der Waals surface area contributed by atoms with Crippen LogP contribution in [-0.4, -0.2) is 16.5 Å². The van der Waals surface area contributed by atoms with Crippen LogP contribution in [0.5, 0.6) is 0 Å². The number of aromatic nitrogens is 2. The van der Waals surface area contributed by atoms with Gasteiger partial charge in [-0.05, 0) is 37.3 Å². The number of nitrogens with zero attached hydrogens (tertiary/aromatic N) is 2. The molecule has 1 N–H and O–H groups in total. The lowest BCUT2D eigenvalue weighted by molar-refractivity contribution is 0.546. The van der Waals surface area contributed by atoms with Crippen molar-refractivity contribution in [2.45, 2.75) is 53.4 Å². The van der Waals surface area contributed by atoms with Gasteiger partial charge in [-0.25, -0.2) is 9.97 Å². The zero-order valence-electron chi connectivity index (χ0n) is 13.9. The molecule has 0 fully saturated rings. The standard InChI is InChI=1S/C17H25N3S/c1-7-9-18-15-12(3)13(14-11(2)8-10-21-14)19-16(20-15)17(4,5)6/h8,10H,7,9H2,1-6H3,(H,18,19,20). The van der Waals surface area contributed by atoms with Crippen LogP contribution in [0.25, 0.3) is 10.6 Å². The molecule has 0 spiro atoms. The maximum atomic E-state index is 4.87. The fourth-order valence-corrected chi connectivity index (χ4v) is 3.08. The Morgan fingerprint density at radius 2 is 1.90 bits per heavy atom. The molecule has 21 heavy (non-hydrogen) atoms. The average Bonchev–Trinajstić information content (AvgIpc) is 2.82. The molecule has 0 saturated heterocycles. The van der Waals surface area contributed by atoms with E-state index < -0.39 is 0 Å². The van der Waals surface area contributed by atoms with E-state index in [-0.39, 0.29) is 5.41 Å². The summed E-state index contributed by atoms with van der Waals surface area (Å²) in [4.78, 5) is 10.9. The second-order valence-electron chi connectivity index (χ2n) is 6.48. The van der Waals surface area contributed by atoms with E-state index in [1.807, 2.05) is 0 Å². The minimum absolute atomic E-state index is 0.0593. The van der Waals surface area contributed by atoms with Gasteiger partial charge in [0.2, 0.25) is 0 Å². The van der Waals surface area contributed by atoms with Crippen molar-refractivity contribution in [2.75, 3.05) is 11.9 Å². The SMILES string of the molecule is CCCNc1nc(C(C)(C)C)nc(-c2sccc2C)c1C. The van der Waals surface area contributed by atoms with Crippen LogP contribution >= 0.6 is 11.3 Å². The summed E-state index contributed by atoms with van der Waals surface area (Å²) in [6.07, 6.45) is 1.08. The van der Waals surface area contributed by atoms with Crippen molar-refractivity contribution in [2.24, 2.45) is 0 Å². The molecule has 0 aromatic carbocycles. The van der Waals surface area contributed by atoms with Gasteiger partial charge in [-0.2, -0.15) is 0 Å². The highest BCUT2D eigenvalue weighted by Crippen LogP contribution is 2.34. The van der Waals surface area contributed by atoms with Gasteiger partial charge in [0.15, 0.2) is 0 Å². The molecule has 114 valence electrons. The lowest BCUT2D eigenvalue weighted by Crippen LogP contribution is -2.19. The molecular formula is C17H25N3S. The summed E-state index contributed by atoms with van der Waals surface area (Å²) in [6.45, 7) is 13.8. The monoisotopic (exact) mass is 303 g/mol. The summed E-state index contributed by atoms with van der Waals surface area (Å²) in [5.74, 6) is 1.87. The molecule has 2 rings (SSSR count). The summed E-state index contributed by atoms with van der Waals surface area (Å²) in [6, 6.07) is 2.15. The molecule has 3 nitrogen and oxygen atoms in total. The first-order valence-corrected chi connectivity index (χ1v) is 8.40. The van der Waals surface area contributed by atoms with Crippen LogP contribution in [0.1, 0.15) is 51.1 Å². The molecule has 0 radical (unpaired) electrons. The highest BCUT2D eigenvalue weighted by Gasteiger charge is 2.22. The number of anilines is 1. The van der Waals surface area contributed by atoms with Gasteiger partial charge < -0.3 is 5.32 Å². The zero-order valence-corrected chi connectivity index (χ0v) is 14.7. The third kappa shape index (κ3) is 3.43. The quantitative estimate of drug-likeness (QED) is 0.869. The molecule has 0 bridgehead atoms. The molecule has 4 heteroatoms. The van der Waals surface area contributed by atoms with Crippen LogP contribution in [0.15, 0.2) is 11.4 Å². The van der Waals surface area contributed by atoms with Gasteiger partial charge in [-0.1, -0.05) is 27.7 Å². The number of hydrogen-bond donors (Lipinski definition) is 1. The predicted octanol–water partition coefficient (Wildman–Crippen LogP) is 4.94. The largest absolute Gasteiger partial charge is 0.370 e. The Morgan fingerprint density at radius 3 is 2.43 bits per heavy atom. The van der Waals surface area contributed by atoms with Crippen molar-refractivity contribution in [3.05, 3.63) is 28.4 Å². The first-order valence-electron chi connectivity index (χ1n) is 7.52. The van der Waals surface area contributed by atoms with E-state index in [9.17, 15) is 0 Å². The van der Waals surface area contributed by atoms with Crippen LogP contribution in [0, 0.1) is 13.8 Å². The van der Waals surface area contributed by atoms with E-state index in [1.54, 1.807) is 11.3 Å². The fourth-order valence-electron chi connectivity index (χ4n) is 2.10. The third-order valence-electron chi connectivity index (χ3n) is 3.44. The van der Waals surface area contributed by atoms with E-state index in [1.165, 1.54) is 10.4 Å². The zero-order chi connectivity index (χ0) is 15.6. The molecule has 0 aliphatic heterocycles. The lowest BCUT2D eigenvalue weighted by atomic mass is 9.95. The molecule has 2 heterocycles. The van der Waals surface area contributed by atoms with Crippen LogP contribution < -0.4 is 5.32 Å². The van der Waals surface area contributed by atoms with E-state index in [0.717, 1.165) is 35.9 Å². The molecule has 2 aromatic rings. The summed E-state index contributed by atoms with van der Waals surface area (Å²) in [5.41, 5.74) is 3.43.